The van der Waals surface area contributed by atoms with Crippen LogP contribution >= 0.6 is 50.6 Å². The number of thioether (sulfide) groups is 1. The lowest BCUT2D eigenvalue weighted by molar-refractivity contribution is -0.113. The topological polar surface area (TPSA) is 69.9 Å². The van der Waals surface area contributed by atoms with Crippen molar-refractivity contribution in [3.8, 4) is 0 Å². The summed E-state index contributed by atoms with van der Waals surface area (Å²) >= 11 is 12.5. The lowest BCUT2D eigenvalue weighted by Gasteiger charge is -2.14. The van der Waals surface area contributed by atoms with E-state index in [1.807, 2.05) is 84.7 Å². The van der Waals surface area contributed by atoms with Crippen LogP contribution in [-0.2, 0) is 11.3 Å². The number of allylic oxidation sites excluding steroid dienone is 1. The molecule has 1 aromatic heterocycles. The Kier molecular flexibility index (Phi) is 7.18. The van der Waals surface area contributed by atoms with E-state index in [9.17, 15) is 9.59 Å². The van der Waals surface area contributed by atoms with E-state index in [-0.39, 0.29) is 18.0 Å². The highest BCUT2D eigenvalue weighted by molar-refractivity contribution is 9.10. The fourth-order valence-corrected chi connectivity index (χ4v) is 7.51. The van der Waals surface area contributed by atoms with Crippen LogP contribution in [0.4, 0.5) is 17.1 Å². The van der Waals surface area contributed by atoms with Gasteiger partial charge in [0.05, 0.1) is 17.1 Å². The number of amidine groups is 1. The Morgan fingerprint density at radius 2 is 1.88 bits per heavy atom. The molecule has 2 aliphatic rings. The van der Waals surface area contributed by atoms with Crippen molar-refractivity contribution in [1.29, 1.82) is 0 Å². The highest BCUT2D eigenvalue weighted by Crippen LogP contribution is 2.46. The molecule has 0 saturated carbocycles. The molecule has 1 amide bonds. The van der Waals surface area contributed by atoms with Gasteiger partial charge >= 0.3 is 0 Å². The first-order valence-corrected chi connectivity index (χ1v) is 15.0. The summed E-state index contributed by atoms with van der Waals surface area (Å²) in [4.78, 5) is 35.7. The van der Waals surface area contributed by atoms with Crippen LogP contribution in [0.1, 0.15) is 0 Å². The Morgan fingerprint density at radius 3 is 2.62 bits per heavy atom. The normalized spacial score (nSPS) is 18.4. The predicted molar refractivity (Wildman–Crippen MR) is 169 cm³/mol. The molecular weight excluding hydrogens is 630 g/mol. The highest BCUT2D eigenvalue weighted by Gasteiger charge is 2.36. The third-order valence-electron chi connectivity index (χ3n) is 6.33. The Balaban J connectivity index is 1.63. The summed E-state index contributed by atoms with van der Waals surface area (Å²) < 4.78 is 3.47. The molecule has 2 aliphatic heterocycles. The Labute approximate surface area is 251 Å². The van der Waals surface area contributed by atoms with Crippen LogP contribution in [0.5, 0.6) is 0 Å². The number of benzene rings is 3. The Bertz CT molecular complexity index is 1900. The van der Waals surface area contributed by atoms with E-state index in [1.165, 1.54) is 28.1 Å². The first kappa shape index (κ1) is 26.6. The van der Waals surface area contributed by atoms with Gasteiger partial charge in [-0.3, -0.25) is 19.6 Å². The number of hydrazine groups is 1. The second kappa shape index (κ2) is 10.8. The fourth-order valence-electron chi connectivity index (χ4n) is 4.48. The minimum Gasteiger partial charge on any atom is -0.337 e. The van der Waals surface area contributed by atoms with Crippen molar-refractivity contribution in [3.05, 3.63) is 114 Å². The van der Waals surface area contributed by atoms with Crippen LogP contribution in [0, 0.1) is 0 Å². The molecule has 3 aromatic carbocycles. The van der Waals surface area contributed by atoms with E-state index in [1.54, 1.807) is 10.6 Å². The molecule has 6 rings (SSSR count). The van der Waals surface area contributed by atoms with Gasteiger partial charge in [0.15, 0.2) is 5.84 Å². The van der Waals surface area contributed by atoms with E-state index >= 15 is 0 Å². The number of para-hydroxylation sites is 1. The van der Waals surface area contributed by atoms with Crippen molar-refractivity contribution in [2.75, 3.05) is 17.0 Å². The zero-order valence-corrected chi connectivity index (χ0v) is 25.1. The summed E-state index contributed by atoms with van der Waals surface area (Å²) in [5, 5.41) is 2.85. The number of carbonyl (C=O) groups is 1. The van der Waals surface area contributed by atoms with Crippen molar-refractivity contribution in [3.63, 3.8) is 0 Å². The van der Waals surface area contributed by atoms with Gasteiger partial charge in [-0.15, -0.1) is 17.9 Å². The number of nitrogens with zero attached hydrogens (tertiary/aromatic N) is 4. The SMILES string of the molecule is C=CCn1c(=C2C(=O)N(c3ccccc3)NC2=Nc2cccc(Br)c2)sc(=C2Sc3ccc(Cl)cc3N2C)c1=O. The van der Waals surface area contributed by atoms with Gasteiger partial charge in [0.25, 0.3) is 11.5 Å². The van der Waals surface area contributed by atoms with E-state index < -0.39 is 0 Å². The second-order valence-corrected chi connectivity index (χ2v) is 12.3. The number of rotatable bonds is 4. The molecular formula is C29H21BrClN5O2S2. The van der Waals surface area contributed by atoms with Gasteiger partial charge in [0.2, 0.25) is 0 Å². The molecule has 0 bridgehead atoms. The summed E-state index contributed by atoms with van der Waals surface area (Å²) in [6.07, 6.45) is 1.65. The molecule has 1 fully saturated rings. The maximum Gasteiger partial charge on any atom is 0.283 e. The van der Waals surface area contributed by atoms with Gasteiger partial charge in [-0.25, -0.2) is 10.0 Å². The maximum absolute atomic E-state index is 14.0. The molecule has 4 aromatic rings. The Hall–Kier alpha value is -3.57. The first-order chi connectivity index (χ1) is 19.4. The summed E-state index contributed by atoms with van der Waals surface area (Å²) in [5.41, 5.74) is 5.53. The monoisotopic (exact) mass is 649 g/mol. The van der Waals surface area contributed by atoms with Crippen molar-refractivity contribution in [2.24, 2.45) is 4.99 Å². The third kappa shape index (κ3) is 4.71. The third-order valence-corrected chi connectivity index (χ3v) is 9.62. The number of hydrogen-bond donors (Lipinski definition) is 1. The molecule has 0 spiro atoms. The lowest BCUT2D eigenvalue weighted by atomic mass is 10.2. The van der Waals surface area contributed by atoms with Crippen LogP contribution in [0.2, 0.25) is 5.02 Å². The zero-order valence-electron chi connectivity index (χ0n) is 21.1. The predicted octanol–water partition coefficient (Wildman–Crippen LogP) is 5.25. The molecule has 200 valence electrons. The van der Waals surface area contributed by atoms with Gasteiger partial charge < -0.3 is 4.90 Å². The van der Waals surface area contributed by atoms with Gasteiger partial charge in [-0.2, -0.15) is 0 Å². The number of halogens is 2. The summed E-state index contributed by atoms with van der Waals surface area (Å²) in [6, 6.07) is 22.4. The number of nitrogens with one attached hydrogen (secondary N) is 1. The summed E-state index contributed by atoms with van der Waals surface area (Å²) in [7, 11) is 1.91. The van der Waals surface area contributed by atoms with E-state index in [4.69, 9.17) is 16.6 Å². The molecule has 7 nitrogen and oxygen atoms in total. The molecule has 3 heterocycles. The first-order valence-electron chi connectivity index (χ1n) is 12.2. The van der Waals surface area contributed by atoms with Crippen LogP contribution in [-0.4, -0.2) is 23.4 Å². The molecule has 40 heavy (non-hydrogen) atoms. The molecule has 0 unspecified atom stereocenters. The number of anilines is 2. The van der Waals surface area contributed by atoms with E-state index in [0.717, 1.165) is 20.1 Å². The highest BCUT2D eigenvalue weighted by atomic mass is 79.9. The second-order valence-electron chi connectivity index (χ2n) is 8.92. The van der Waals surface area contributed by atoms with Gasteiger partial charge in [-0.1, -0.05) is 69.6 Å². The van der Waals surface area contributed by atoms with E-state index in [0.29, 0.717) is 37.0 Å². The molecule has 0 radical (unpaired) electrons. The number of aliphatic imine (C=N–C) groups is 1. The molecule has 11 heteroatoms. The largest absolute Gasteiger partial charge is 0.337 e. The number of aromatic nitrogens is 1. The molecule has 1 N–H and O–H groups in total. The summed E-state index contributed by atoms with van der Waals surface area (Å²) in [6.45, 7) is 4.09. The lowest BCUT2D eigenvalue weighted by Crippen LogP contribution is -2.36. The van der Waals surface area contributed by atoms with Gasteiger partial charge in [-0.05, 0) is 48.5 Å². The number of fused-ring (bicyclic) bond motifs is 1. The molecule has 0 atom stereocenters. The fraction of sp³-hybridized carbons (Fsp3) is 0.0690. The van der Waals surface area contributed by atoms with Crippen LogP contribution in [0.3, 0.4) is 0 Å². The minimum absolute atomic E-state index is 0.201. The molecule has 1 saturated heterocycles. The Morgan fingerprint density at radius 1 is 1.07 bits per heavy atom. The van der Waals surface area contributed by atoms with Crippen LogP contribution in [0.15, 0.2) is 105 Å². The zero-order chi connectivity index (χ0) is 28.0. The van der Waals surface area contributed by atoms with Crippen LogP contribution < -0.4 is 30.1 Å². The number of amides is 1. The van der Waals surface area contributed by atoms with Crippen LogP contribution in [0.25, 0.3) is 10.6 Å². The minimum atomic E-state index is -0.307. The number of thiazole rings is 1. The summed E-state index contributed by atoms with van der Waals surface area (Å²) in [5.74, 6) is 0.0446. The van der Waals surface area contributed by atoms with E-state index in [2.05, 4.69) is 27.9 Å². The quantitative estimate of drug-likeness (QED) is 0.306. The number of carbonyl (C=O) groups excluding carboxylic acids is 1. The molecule has 0 aliphatic carbocycles. The van der Waals surface area contributed by atoms with Gasteiger partial charge in [0.1, 0.15) is 19.8 Å². The van der Waals surface area contributed by atoms with Gasteiger partial charge in [0, 0.05) is 28.0 Å². The van der Waals surface area contributed by atoms with Crippen molar-refractivity contribution < 1.29 is 4.79 Å². The smallest absolute Gasteiger partial charge is 0.283 e. The van der Waals surface area contributed by atoms with Crippen molar-refractivity contribution in [2.45, 2.75) is 11.4 Å². The standard InChI is InChI=1S/C29H21BrClN5O2S2/c1-3-14-35-27(38)24(29-34(2)21-16-18(31)12-13-22(21)39-29)40-28(35)23-25(32-19-9-7-8-17(30)15-19)33-36(26(23)37)20-10-5-4-6-11-20/h3-13,15-16H,1,14H2,2H3,(H,32,33). The van der Waals surface area contributed by atoms with Crippen molar-refractivity contribution in [1.82, 2.24) is 9.99 Å². The average Bonchev–Trinajstić information content (AvgIpc) is 3.55. The average molecular weight is 651 g/mol. The number of hydrogen-bond acceptors (Lipinski definition) is 6. The maximum atomic E-state index is 14.0. The van der Waals surface area contributed by atoms with Crippen molar-refractivity contribution >= 4 is 90.0 Å².